The smallest absolute Gasteiger partial charge is 0.416 e. The molecule has 0 bridgehead atoms. The molecule has 0 saturated carbocycles. The van der Waals surface area contributed by atoms with Gasteiger partial charge in [-0.1, -0.05) is 6.07 Å². The molecule has 0 heterocycles. The van der Waals surface area contributed by atoms with E-state index in [0.717, 1.165) is 12.1 Å². The van der Waals surface area contributed by atoms with E-state index in [1.54, 1.807) is 0 Å². The van der Waals surface area contributed by atoms with Crippen molar-refractivity contribution in [2.24, 2.45) is 0 Å². The zero-order valence-corrected chi connectivity index (χ0v) is 19.1. The highest BCUT2D eigenvalue weighted by Crippen LogP contribution is 2.35. The number of rotatable bonds is 11. The van der Waals surface area contributed by atoms with E-state index in [9.17, 15) is 26.4 Å². The van der Waals surface area contributed by atoms with E-state index in [1.807, 2.05) is 0 Å². The molecule has 1 N–H and O–H groups in total. The summed E-state index contributed by atoms with van der Waals surface area (Å²) in [6.45, 7) is -0.147. The minimum Gasteiger partial charge on any atom is -0.493 e. The van der Waals surface area contributed by atoms with Crippen LogP contribution in [-0.4, -0.2) is 55.4 Å². The van der Waals surface area contributed by atoms with Gasteiger partial charge in [0.25, 0.3) is 10.0 Å². The molecular formula is C21H25F3N2O6S. The van der Waals surface area contributed by atoms with Gasteiger partial charge in [-0.25, -0.2) is 8.42 Å². The van der Waals surface area contributed by atoms with Crippen molar-refractivity contribution in [3.05, 3.63) is 48.0 Å². The molecule has 1 amide bonds. The molecule has 12 heteroatoms. The molecule has 2 rings (SSSR count). The Hall–Kier alpha value is -2.99. The first-order valence-electron chi connectivity index (χ1n) is 9.72. The number of benzene rings is 2. The average Bonchev–Trinajstić information content (AvgIpc) is 2.79. The lowest BCUT2D eigenvalue weighted by atomic mass is 10.2. The van der Waals surface area contributed by atoms with E-state index in [4.69, 9.17) is 14.2 Å². The fourth-order valence-corrected chi connectivity index (χ4v) is 4.32. The van der Waals surface area contributed by atoms with Gasteiger partial charge in [0.15, 0.2) is 11.5 Å². The lowest BCUT2D eigenvalue weighted by Crippen LogP contribution is -2.41. The van der Waals surface area contributed by atoms with Gasteiger partial charge in [-0.15, -0.1) is 0 Å². The van der Waals surface area contributed by atoms with Crippen LogP contribution in [0.15, 0.2) is 47.4 Å². The number of methoxy groups -OCH3 is 3. The van der Waals surface area contributed by atoms with Gasteiger partial charge >= 0.3 is 6.18 Å². The van der Waals surface area contributed by atoms with Gasteiger partial charge in [0.05, 0.1) is 30.4 Å². The average molecular weight is 491 g/mol. The van der Waals surface area contributed by atoms with E-state index >= 15 is 0 Å². The molecule has 8 nitrogen and oxygen atoms in total. The number of hydrogen-bond acceptors (Lipinski definition) is 6. The number of nitrogens with zero attached hydrogens (tertiary/aromatic N) is 1. The van der Waals surface area contributed by atoms with Crippen LogP contribution in [0.3, 0.4) is 0 Å². The molecule has 0 aliphatic heterocycles. The van der Waals surface area contributed by atoms with Gasteiger partial charge in [0.1, 0.15) is 6.54 Å². The number of carbonyl (C=O) groups excluding carboxylic acids is 1. The van der Waals surface area contributed by atoms with Crippen LogP contribution in [0.4, 0.5) is 18.9 Å². The van der Waals surface area contributed by atoms with Gasteiger partial charge in [-0.05, 0) is 36.8 Å². The SMILES string of the molecule is COCCCNC(=O)CN(c1cccc(C(F)(F)F)c1)S(=O)(=O)c1ccc(OC)c(OC)c1. The molecule has 2 aromatic rings. The molecule has 0 fully saturated rings. The highest BCUT2D eigenvalue weighted by molar-refractivity contribution is 7.92. The van der Waals surface area contributed by atoms with Crippen molar-refractivity contribution in [1.82, 2.24) is 5.32 Å². The molecule has 0 radical (unpaired) electrons. The third-order valence-electron chi connectivity index (χ3n) is 4.54. The first-order valence-corrected chi connectivity index (χ1v) is 11.2. The number of hydrogen-bond donors (Lipinski definition) is 1. The number of ether oxygens (including phenoxy) is 3. The van der Waals surface area contributed by atoms with Gasteiger partial charge in [0.2, 0.25) is 5.91 Å². The monoisotopic (exact) mass is 490 g/mol. The van der Waals surface area contributed by atoms with Gasteiger partial charge in [0, 0.05) is 26.3 Å². The van der Waals surface area contributed by atoms with Crippen molar-refractivity contribution < 1.29 is 40.6 Å². The van der Waals surface area contributed by atoms with Crippen LogP contribution in [0.2, 0.25) is 0 Å². The Labute approximate surface area is 190 Å². The Morgan fingerprint density at radius 2 is 1.73 bits per heavy atom. The molecule has 33 heavy (non-hydrogen) atoms. The quantitative estimate of drug-likeness (QED) is 0.487. The maximum absolute atomic E-state index is 13.4. The number of halogens is 3. The molecule has 182 valence electrons. The largest absolute Gasteiger partial charge is 0.493 e. The van der Waals surface area contributed by atoms with Crippen LogP contribution >= 0.6 is 0 Å². The van der Waals surface area contributed by atoms with Crippen molar-refractivity contribution in [3.63, 3.8) is 0 Å². The number of anilines is 1. The van der Waals surface area contributed by atoms with Gasteiger partial charge < -0.3 is 19.5 Å². The van der Waals surface area contributed by atoms with E-state index in [-0.39, 0.29) is 28.6 Å². The lowest BCUT2D eigenvalue weighted by molar-refractivity contribution is -0.137. The summed E-state index contributed by atoms with van der Waals surface area (Å²) in [6, 6.07) is 7.49. The van der Waals surface area contributed by atoms with Crippen LogP contribution in [0.25, 0.3) is 0 Å². The summed E-state index contributed by atoms with van der Waals surface area (Å²) >= 11 is 0. The second-order valence-electron chi connectivity index (χ2n) is 6.77. The van der Waals surface area contributed by atoms with Crippen LogP contribution in [0.1, 0.15) is 12.0 Å². The van der Waals surface area contributed by atoms with Crippen LogP contribution in [0, 0.1) is 0 Å². The molecule has 0 spiro atoms. The highest BCUT2D eigenvalue weighted by atomic mass is 32.2. The molecule has 0 aliphatic rings. The third kappa shape index (κ3) is 6.75. The summed E-state index contributed by atoms with van der Waals surface area (Å²) in [4.78, 5) is 12.2. The molecule has 2 aromatic carbocycles. The molecule has 0 atom stereocenters. The standard InChI is InChI=1S/C21H25F3N2O6S/c1-30-11-5-10-25-20(27)14-26(16-7-4-6-15(12-16)21(22,23)24)33(28,29)17-8-9-18(31-2)19(13-17)32-3/h4,6-9,12-13H,5,10-11,14H2,1-3H3,(H,25,27). The molecule has 0 aromatic heterocycles. The summed E-state index contributed by atoms with van der Waals surface area (Å²) < 4.78 is 82.3. The predicted molar refractivity (Wildman–Crippen MR) is 115 cm³/mol. The summed E-state index contributed by atoms with van der Waals surface area (Å²) in [6.07, 6.45) is -4.22. The van der Waals surface area contributed by atoms with E-state index in [2.05, 4.69) is 5.32 Å². The number of nitrogens with one attached hydrogen (secondary N) is 1. The maximum atomic E-state index is 13.4. The fourth-order valence-electron chi connectivity index (χ4n) is 2.89. The third-order valence-corrected chi connectivity index (χ3v) is 6.31. The number of sulfonamides is 1. The van der Waals surface area contributed by atoms with E-state index in [0.29, 0.717) is 23.4 Å². The Bertz CT molecular complexity index is 1060. The maximum Gasteiger partial charge on any atom is 0.416 e. The van der Waals surface area contributed by atoms with Crippen molar-refractivity contribution in [2.75, 3.05) is 45.3 Å². The summed E-state index contributed by atoms with van der Waals surface area (Å²) in [5.41, 5.74) is -1.36. The molecule has 0 aliphatic carbocycles. The Balaban J connectivity index is 2.49. The van der Waals surface area contributed by atoms with Crippen molar-refractivity contribution in [1.29, 1.82) is 0 Å². The fraction of sp³-hybridized carbons (Fsp3) is 0.381. The first-order chi connectivity index (χ1) is 15.5. The van der Waals surface area contributed by atoms with Crippen molar-refractivity contribution >= 4 is 21.6 Å². The Kier molecular flexibility index (Phi) is 8.94. The first kappa shape index (κ1) is 26.3. The summed E-state index contributed by atoms with van der Waals surface area (Å²) in [5, 5.41) is 2.53. The Morgan fingerprint density at radius 1 is 1.03 bits per heavy atom. The Morgan fingerprint density at radius 3 is 2.33 bits per heavy atom. The van der Waals surface area contributed by atoms with E-state index < -0.39 is 34.2 Å². The lowest BCUT2D eigenvalue weighted by Gasteiger charge is -2.25. The summed E-state index contributed by atoms with van der Waals surface area (Å²) in [7, 11) is -0.285. The van der Waals surface area contributed by atoms with Crippen LogP contribution in [0.5, 0.6) is 11.5 Å². The zero-order valence-electron chi connectivity index (χ0n) is 18.3. The second kappa shape index (κ2) is 11.2. The number of amides is 1. The molecule has 0 saturated heterocycles. The number of carbonyl (C=O) groups is 1. The minimum absolute atomic E-state index is 0.103. The molecule has 0 unspecified atom stereocenters. The van der Waals surface area contributed by atoms with Gasteiger partial charge in [-0.3, -0.25) is 9.10 Å². The van der Waals surface area contributed by atoms with Gasteiger partial charge in [-0.2, -0.15) is 13.2 Å². The second-order valence-corrected chi connectivity index (χ2v) is 8.64. The summed E-state index contributed by atoms with van der Waals surface area (Å²) in [5.74, 6) is -0.322. The zero-order chi connectivity index (χ0) is 24.6. The van der Waals surface area contributed by atoms with Crippen LogP contribution < -0.4 is 19.1 Å². The van der Waals surface area contributed by atoms with Crippen molar-refractivity contribution in [2.45, 2.75) is 17.5 Å². The molecular weight excluding hydrogens is 465 g/mol. The normalized spacial score (nSPS) is 11.7. The van der Waals surface area contributed by atoms with Crippen molar-refractivity contribution in [3.8, 4) is 11.5 Å². The van der Waals surface area contributed by atoms with Crippen LogP contribution in [-0.2, 0) is 25.7 Å². The predicted octanol–water partition coefficient (Wildman–Crippen LogP) is 3.07. The minimum atomic E-state index is -4.70. The topological polar surface area (TPSA) is 94.2 Å². The highest BCUT2D eigenvalue weighted by Gasteiger charge is 2.33. The van der Waals surface area contributed by atoms with E-state index in [1.165, 1.54) is 45.6 Å². The number of alkyl halides is 3.